The van der Waals surface area contributed by atoms with E-state index in [0.717, 1.165) is 0 Å². The molecule has 2 aliphatic rings. The number of rotatable bonds is 4. The molecule has 0 aromatic heterocycles. The number of carbonyl (C=O) groups excluding carboxylic acids is 3. The van der Waals surface area contributed by atoms with Gasteiger partial charge in [0.15, 0.2) is 5.54 Å². The van der Waals surface area contributed by atoms with Crippen molar-refractivity contribution in [2.45, 2.75) is 24.8 Å². The molecular weight excluding hydrogens is 282 g/mol. The maximum Gasteiger partial charge on any atom is 0.363 e. The second kappa shape index (κ2) is 5.46. The molecule has 0 aromatic rings. The van der Waals surface area contributed by atoms with E-state index in [1.807, 2.05) is 0 Å². The summed E-state index contributed by atoms with van der Waals surface area (Å²) in [6.07, 6.45) is 3.65. The van der Waals surface area contributed by atoms with Gasteiger partial charge in [-0.05, 0) is 6.08 Å². The number of nitrogens with two attached hydrogens (primary N) is 1. The summed E-state index contributed by atoms with van der Waals surface area (Å²) in [6.45, 7) is 0. The molecule has 1 heterocycles. The van der Waals surface area contributed by atoms with Crippen LogP contribution in [0.25, 0.3) is 0 Å². The minimum Gasteiger partial charge on any atom is -0.480 e. The second-order valence-corrected chi connectivity index (χ2v) is 4.58. The molecule has 1 unspecified atom stereocenters. The van der Waals surface area contributed by atoms with E-state index in [1.54, 1.807) is 0 Å². The Labute approximate surface area is 118 Å². The molecule has 112 valence electrons. The topological polar surface area (TPSA) is 139 Å². The lowest BCUT2D eigenvalue weighted by atomic mass is 9.89. The molecule has 0 bridgehead atoms. The van der Waals surface area contributed by atoms with Crippen LogP contribution in [-0.2, 0) is 24.0 Å². The standard InChI is InChI=1S/C12H13N3O6/c13-14-12(11(19)20)5-3-7(4-6-12)10(18)21-15-8(16)1-2-9(15)17/h3-5,14H,1-2,6,13H2,(H,19,20). The van der Waals surface area contributed by atoms with Crippen molar-refractivity contribution in [1.29, 1.82) is 0 Å². The Morgan fingerprint density at radius 1 is 1.33 bits per heavy atom. The zero-order valence-electron chi connectivity index (χ0n) is 10.9. The van der Waals surface area contributed by atoms with Crippen LogP contribution >= 0.6 is 0 Å². The number of carboxylic acid groups (broad SMARTS) is 1. The molecule has 0 radical (unpaired) electrons. The number of hydrazine groups is 1. The lowest BCUT2D eigenvalue weighted by Crippen LogP contribution is -2.54. The second-order valence-electron chi connectivity index (χ2n) is 4.58. The molecular formula is C12H13N3O6. The number of nitrogens with one attached hydrogen (secondary N) is 1. The molecule has 21 heavy (non-hydrogen) atoms. The molecule has 1 saturated heterocycles. The van der Waals surface area contributed by atoms with Crippen LogP contribution in [0.3, 0.4) is 0 Å². The number of carboxylic acids is 1. The summed E-state index contributed by atoms with van der Waals surface area (Å²) in [5, 5.41) is 9.50. The Balaban J connectivity index is 2.06. The van der Waals surface area contributed by atoms with E-state index in [2.05, 4.69) is 5.43 Å². The first-order chi connectivity index (χ1) is 9.89. The molecule has 1 aliphatic carbocycles. The molecule has 9 heteroatoms. The van der Waals surface area contributed by atoms with E-state index < -0.39 is 29.3 Å². The molecule has 2 rings (SSSR count). The number of nitrogens with zero attached hydrogens (tertiary/aromatic N) is 1. The fourth-order valence-electron chi connectivity index (χ4n) is 1.91. The first kappa shape index (κ1) is 14.9. The van der Waals surface area contributed by atoms with Crippen molar-refractivity contribution < 1.29 is 29.1 Å². The van der Waals surface area contributed by atoms with Gasteiger partial charge in [-0.1, -0.05) is 12.2 Å². The normalized spacial score (nSPS) is 25.0. The highest BCUT2D eigenvalue weighted by Gasteiger charge is 2.37. The number of imide groups is 1. The molecule has 0 spiro atoms. The van der Waals surface area contributed by atoms with Crippen LogP contribution in [0.5, 0.6) is 0 Å². The van der Waals surface area contributed by atoms with Crippen molar-refractivity contribution in [2.24, 2.45) is 5.84 Å². The molecule has 1 aliphatic heterocycles. The zero-order valence-corrected chi connectivity index (χ0v) is 10.9. The quantitative estimate of drug-likeness (QED) is 0.333. The van der Waals surface area contributed by atoms with Crippen molar-refractivity contribution in [3.05, 3.63) is 23.8 Å². The van der Waals surface area contributed by atoms with Gasteiger partial charge in [-0.25, -0.2) is 15.0 Å². The van der Waals surface area contributed by atoms with Gasteiger partial charge in [-0.2, -0.15) is 0 Å². The summed E-state index contributed by atoms with van der Waals surface area (Å²) in [4.78, 5) is 50.3. The minimum absolute atomic E-state index is 0.000217. The Morgan fingerprint density at radius 3 is 2.38 bits per heavy atom. The lowest BCUT2D eigenvalue weighted by molar-refractivity contribution is -0.194. The average molecular weight is 295 g/mol. The van der Waals surface area contributed by atoms with Gasteiger partial charge in [0.2, 0.25) is 0 Å². The lowest BCUT2D eigenvalue weighted by Gasteiger charge is -2.26. The number of hydroxylamine groups is 2. The molecule has 2 amide bonds. The molecule has 1 atom stereocenters. The third-order valence-corrected chi connectivity index (χ3v) is 3.25. The highest BCUT2D eigenvalue weighted by Crippen LogP contribution is 2.22. The van der Waals surface area contributed by atoms with Crippen LogP contribution in [0.2, 0.25) is 0 Å². The summed E-state index contributed by atoms with van der Waals surface area (Å²) in [7, 11) is 0. The van der Waals surface area contributed by atoms with Gasteiger partial charge in [-0.15, -0.1) is 5.06 Å². The van der Waals surface area contributed by atoms with Crippen LogP contribution < -0.4 is 11.3 Å². The average Bonchev–Trinajstić information content (AvgIpc) is 2.79. The summed E-state index contributed by atoms with van der Waals surface area (Å²) in [6, 6.07) is 0. The van der Waals surface area contributed by atoms with Crippen LogP contribution in [0.1, 0.15) is 19.3 Å². The van der Waals surface area contributed by atoms with E-state index in [4.69, 9.17) is 15.8 Å². The van der Waals surface area contributed by atoms with Crippen LogP contribution in [0.15, 0.2) is 23.8 Å². The van der Waals surface area contributed by atoms with Crippen molar-refractivity contribution >= 4 is 23.8 Å². The van der Waals surface area contributed by atoms with E-state index >= 15 is 0 Å². The van der Waals surface area contributed by atoms with Gasteiger partial charge in [-0.3, -0.25) is 15.4 Å². The number of hydrogen-bond acceptors (Lipinski definition) is 7. The number of carbonyl (C=O) groups is 4. The Hall–Kier alpha value is -2.52. The van der Waals surface area contributed by atoms with Gasteiger partial charge in [0.1, 0.15) is 0 Å². The van der Waals surface area contributed by atoms with Crippen molar-refractivity contribution in [3.8, 4) is 0 Å². The van der Waals surface area contributed by atoms with Gasteiger partial charge >= 0.3 is 11.9 Å². The van der Waals surface area contributed by atoms with Crippen molar-refractivity contribution in [3.63, 3.8) is 0 Å². The SMILES string of the molecule is NNC1(C(=O)O)C=CC(C(=O)ON2C(=O)CCC2=O)=CC1. The summed E-state index contributed by atoms with van der Waals surface area (Å²) in [5.74, 6) is 1.92. The summed E-state index contributed by atoms with van der Waals surface area (Å²) >= 11 is 0. The number of aliphatic carboxylic acids is 1. The first-order valence-corrected chi connectivity index (χ1v) is 6.08. The molecule has 1 fully saturated rings. The largest absolute Gasteiger partial charge is 0.480 e. The molecule has 0 saturated carbocycles. The minimum atomic E-state index is -1.50. The van der Waals surface area contributed by atoms with Crippen molar-refractivity contribution in [2.75, 3.05) is 0 Å². The van der Waals surface area contributed by atoms with E-state index in [1.165, 1.54) is 18.2 Å². The maximum absolute atomic E-state index is 11.8. The third kappa shape index (κ3) is 2.69. The van der Waals surface area contributed by atoms with E-state index in [-0.39, 0.29) is 24.8 Å². The number of hydrogen-bond donors (Lipinski definition) is 3. The first-order valence-electron chi connectivity index (χ1n) is 6.08. The van der Waals surface area contributed by atoms with Gasteiger partial charge in [0.05, 0.1) is 5.57 Å². The fourth-order valence-corrected chi connectivity index (χ4v) is 1.91. The smallest absolute Gasteiger partial charge is 0.363 e. The van der Waals surface area contributed by atoms with Crippen LogP contribution in [0, 0.1) is 0 Å². The monoisotopic (exact) mass is 295 g/mol. The Kier molecular flexibility index (Phi) is 3.87. The van der Waals surface area contributed by atoms with Gasteiger partial charge in [0, 0.05) is 19.3 Å². The fraction of sp³-hybridized carbons (Fsp3) is 0.333. The van der Waals surface area contributed by atoms with Gasteiger partial charge < -0.3 is 9.94 Å². The predicted octanol–water partition coefficient (Wildman–Crippen LogP) is -1.23. The summed E-state index contributed by atoms with van der Waals surface area (Å²) < 4.78 is 0. The van der Waals surface area contributed by atoms with E-state index in [9.17, 15) is 19.2 Å². The molecule has 9 nitrogen and oxygen atoms in total. The summed E-state index contributed by atoms with van der Waals surface area (Å²) in [5.41, 5.74) is 0.702. The highest BCUT2D eigenvalue weighted by atomic mass is 16.7. The van der Waals surface area contributed by atoms with Crippen LogP contribution in [-0.4, -0.2) is 39.5 Å². The third-order valence-electron chi connectivity index (χ3n) is 3.25. The predicted molar refractivity (Wildman–Crippen MR) is 66.7 cm³/mol. The Bertz CT molecular complexity index is 566. The van der Waals surface area contributed by atoms with E-state index in [0.29, 0.717) is 5.06 Å². The zero-order chi connectivity index (χ0) is 15.6. The van der Waals surface area contributed by atoms with Gasteiger partial charge in [0.25, 0.3) is 11.8 Å². The van der Waals surface area contributed by atoms with Crippen molar-refractivity contribution in [1.82, 2.24) is 10.5 Å². The molecule has 0 aromatic carbocycles. The molecule has 4 N–H and O–H groups in total. The highest BCUT2D eigenvalue weighted by molar-refractivity contribution is 6.03. The number of amides is 2. The maximum atomic E-state index is 11.8. The Morgan fingerprint density at radius 2 is 1.95 bits per heavy atom. The van der Waals surface area contributed by atoms with Crippen LogP contribution in [0.4, 0.5) is 0 Å².